The first-order valence-electron chi connectivity index (χ1n) is 8.69. The van der Waals surface area contributed by atoms with Gasteiger partial charge in [-0.15, -0.1) is 11.3 Å². The molecule has 0 bridgehead atoms. The molecule has 1 aliphatic rings. The van der Waals surface area contributed by atoms with Crippen molar-refractivity contribution in [2.75, 3.05) is 19.6 Å². The van der Waals surface area contributed by atoms with Gasteiger partial charge in [-0.2, -0.15) is 0 Å². The standard InChI is InChI=1S/C18H25N3O2S/c1-13(22)14-8-11-21(12-9-14)18(23)19-10-4-7-17-20-15-5-2-3-6-16(15)24-17/h2-3,5-6,13-14,22H,4,7-12H2,1H3,(H,19,23). The van der Waals surface area contributed by atoms with Crippen LogP contribution < -0.4 is 5.32 Å². The molecule has 2 amide bonds. The van der Waals surface area contributed by atoms with E-state index in [1.807, 2.05) is 30.0 Å². The summed E-state index contributed by atoms with van der Waals surface area (Å²) in [4.78, 5) is 18.6. The Labute approximate surface area is 146 Å². The topological polar surface area (TPSA) is 65.5 Å². The molecule has 3 rings (SSSR count). The Morgan fingerprint density at radius 3 is 2.88 bits per heavy atom. The quantitative estimate of drug-likeness (QED) is 0.817. The fourth-order valence-corrected chi connectivity index (χ4v) is 4.17. The van der Waals surface area contributed by atoms with E-state index in [-0.39, 0.29) is 12.1 Å². The first kappa shape index (κ1) is 17.2. The highest BCUT2D eigenvalue weighted by atomic mass is 32.1. The number of urea groups is 1. The van der Waals surface area contributed by atoms with Crippen LogP contribution in [0, 0.1) is 5.92 Å². The zero-order chi connectivity index (χ0) is 16.9. The molecule has 1 aromatic heterocycles. The maximum atomic E-state index is 12.2. The average Bonchev–Trinajstić information content (AvgIpc) is 3.01. The molecule has 0 saturated carbocycles. The van der Waals surface area contributed by atoms with E-state index in [2.05, 4.69) is 16.4 Å². The highest BCUT2D eigenvalue weighted by molar-refractivity contribution is 7.18. The van der Waals surface area contributed by atoms with Crippen LogP contribution in [-0.4, -0.2) is 46.8 Å². The van der Waals surface area contributed by atoms with Gasteiger partial charge in [-0.25, -0.2) is 9.78 Å². The number of rotatable bonds is 5. The number of piperidine rings is 1. The number of aliphatic hydroxyl groups is 1. The molecule has 0 spiro atoms. The number of aliphatic hydroxyl groups excluding tert-OH is 1. The zero-order valence-electron chi connectivity index (χ0n) is 14.1. The lowest BCUT2D eigenvalue weighted by atomic mass is 9.92. The molecule has 130 valence electrons. The van der Waals surface area contributed by atoms with Crippen LogP contribution in [0.5, 0.6) is 0 Å². The molecule has 1 aliphatic heterocycles. The predicted molar refractivity (Wildman–Crippen MR) is 97.3 cm³/mol. The van der Waals surface area contributed by atoms with Crippen molar-refractivity contribution in [1.82, 2.24) is 15.2 Å². The molecule has 2 aromatic rings. The average molecular weight is 347 g/mol. The van der Waals surface area contributed by atoms with Crippen LogP contribution in [0.4, 0.5) is 4.79 Å². The number of aromatic nitrogens is 1. The smallest absolute Gasteiger partial charge is 0.317 e. The lowest BCUT2D eigenvalue weighted by Crippen LogP contribution is -2.46. The van der Waals surface area contributed by atoms with E-state index in [4.69, 9.17) is 0 Å². The van der Waals surface area contributed by atoms with Gasteiger partial charge in [-0.3, -0.25) is 0 Å². The highest BCUT2D eigenvalue weighted by Crippen LogP contribution is 2.22. The number of para-hydroxylation sites is 1. The van der Waals surface area contributed by atoms with Crippen LogP contribution >= 0.6 is 11.3 Å². The number of fused-ring (bicyclic) bond motifs is 1. The van der Waals surface area contributed by atoms with Crippen molar-refractivity contribution in [3.63, 3.8) is 0 Å². The van der Waals surface area contributed by atoms with E-state index in [1.165, 1.54) is 4.70 Å². The lowest BCUT2D eigenvalue weighted by molar-refractivity contribution is 0.0798. The van der Waals surface area contributed by atoms with E-state index in [0.29, 0.717) is 12.5 Å². The minimum atomic E-state index is -0.274. The lowest BCUT2D eigenvalue weighted by Gasteiger charge is -2.33. The summed E-state index contributed by atoms with van der Waals surface area (Å²) in [5.74, 6) is 0.327. The van der Waals surface area contributed by atoms with Crippen molar-refractivity contribution in [2.24, 2.45) is 5.92 Å². The van der Waals surface area contributed by atoms with Crippen molar-refractivity contribution in [3.05, 3.63) is 29.3 Å². The molecule has 2 heterocycles. The fourth-order valence-electron chi connectivity index (χ4n) is 3.16. The van der Waals surface area contributed by atoms with Gasteiger partial charge in [0.1, 0.15) is 0 Å². The van der Waals surface area contributed by atoms with E-state index >= 15 is 0 Å². The van der Waals surface area contributed by atoms with E-state index in [9.17, 15) is 9.90 Å². The molecule has 1 fully saturated rings. The molecule has 0 aliphatic carbocycles. The first-order chi connectivity index (χ1) is 11.6. The van der Waals surface area contributed by atoms with Crippen molar-refractivity contribution in [2.45, 2.75) is 38.7 Å². The Kier molecular flexibility index (Phi) is 5.68. The molecule has 1 unspecified atom stereocenters. The molecule has 6 heteroatoms. The molecular formula is C18H25N3O2S. The second-order valence-electron chi connectivity index (χ2n) is 6.48. The summed E-state index contributed by atoms with van der Waals surface area (Å²) in [6.07, 6.45) is 3.29. The number of likely N-dealkylation sites (tertiary alicyclic amines) is 1. The number of hydrogen-bond acceptors (Lipinski definition) is 4. The van der Waals surface area contributed by atoms with Gasteiger partial charge in [0.2, 0.25) is 0 Å². The van der Waals surface area contributed by atoms with Crippen LogP contribution in [0.3, 0.4) is 0 Å². The molecule has 1 atom stereocenters. The first-order valence-corrected chi connectivity index (χ1v) is 9.50. The summed E-state index contributed by atoms with van der Waals surface area (Å²) in [7, 11) is 0. The summed E-state index contributed by atoms with van der Waals surface area (Å²) in [5.41, 5.74) is 1.06. The number of aryl methyl sites for hydroxylation is 1. The van der Waals surface area contributed by atoms with Crippen molar-refractivity contribution >= 4 is 27.6 Å². The number of amides is 2. The number of nitrogens with one attached hydrogen (secondary N) is 1. The van der Waals surface area contributed by atoms with Crippen molar-refractivity contribution in [3.8, 4) is 0 Å². The maximum absolute atomic E-state index is 12.2. The minimum Gasteiger partial charge on any atom is -0.393 e. The van der Waals surface area contributed by atoms with Gasteiger partial charge < -0.3 is 15.3 Å². The van der Waals surface area contributed by atoms with Gasteiger partial charge in [0, 0.05) is 26.1 Å². The Morgan fingerprint density at radius 1 is 1.42 bits per heavy atom. The molecule has 1 saturated heterocycles. The Bertz CT molecular complexity index is 645. The molecule has 2 N–H and O–H groups in total. The van der Waals surface area contributed by atoms with Crippen LogP contribution in [0.1, 0.15) is 31.2 Å². The summed E-state index contributed by atoms with van der Waals surface area (Å²) in [6, 6.07) is 8.18. The summed E-state index contributed by atoms with van der Waals surface area (Å²) >= 11 is 1.73. The number of thiazole rings is 1. The third-order valence-electron chi connectivity index (χ3n) is 4.69. The molecule has 5 nitrogen and oxygen atoms in total. The SMILES string of the molecule is CC(O)C1CCN(C(=O)NCCCc2nc3ccccc3s2)CC1. The van der Waals surface area contributed by atoms with Crippen molar-refractivity contribution < 1.29 is 9.90 Å². The van der Waals surface area contributed by atoms with Gasteiger partial charge in [0.25, 0.3) is 0 Å². The summed E-state index contributed by atoms with van der Waals surface area (Å²) in [6.45, 7) is 3.98. The number of carbonyl (C=O) groups is 1. The maximum Gasteiger partial charge on any atom is 0.317 e. The number of hydrogen-bond donors (Lipinski definition) is 2. The second kappa shape index (κ2) is 7.94. The molecule has 0 radical (unpaired) electrons. The second-order valence-corrected chi connectivity index (χ2v) is 7.59. The van der Waals surface area contributed by atoms with Gasteiger partial charge in [0.05, 0.1) is 21.3 Å². The fraction of sp³-hybridized carbons (Fsp3) is 0.556. The van der Waals surface area contributed by atoms with Crippen molar-refractivity contribution in [1.29, 1.82) is 0 Å². The Hall–Kier alpha value is -1.66. The summed E-state index contributed by atoms with van der Waals surface area (Å²) < 4.78 is 1.22. The number of nitrogens with zero attached hydrogens (tertiary/aromatic N) is 2. The van der Waals surface area contributed by atoms with Gasteiger partial charge in [-0.05, 0) is 44.2 Å². The Balaban J connectivity index is 1.38. The summed E-state index contributed by atoms with van der Waals surface area (Å²) in [5, 5.41) is 13.7. The third kappa shape index (κ3) is 4.24. The van der Waals surface area contributed by atoms with Crippen LogP contribution in [0.25, 0.3) is 10.2 Å². The van der Waals surface area contributed by atoms with Crippen LogP contribution in [-0.2, 0) is 6.42 Å². The van der Waals surface area contributed by atoms with Gasteiger partial charge in [-0.1, -0.05) is 12.1 Å². The zero-order valence-corrected chi connectivity index (χ0v) is 14.9. The Morgan fingerprint density at radius 2 is 2.17 bits per heavy atom. The highest BCUT2D eigenvalue weighted by Gasteiger charge is 2.25. The normalized spacial score (nSPS) is 17.2. The van der Waals surface area contributed by atoms with Gasteiger partial charge in [0.15, 0.2) is 0 Å². The van der Waals surface area contributed by atoms with E-state index < -0.39 is 0 Å². The van der Waals surface area contributed by atoms with Crippen LogP contribution in [0.2, 0.25) is 0 Å². The molecule has 1 aromatic carbocycles. The van der Waals surface area contributed by atoms with E-state index in [0.717, 1.165) is 49.3 Å². The van der Waals surface area contributed by atoms with Gasteiger partial charge >= 0.3 is 6.03 Å². The third-order valence-corrected chi connectivity index (χ3v) is 5.79. The minimum absolute atomic E-state index is 0.0170. The van der Waals surface area contributed by atoms with Crippen LogP contribution in [0.15, 0.2) is 24.3 Å². The predicted octanol–water partition coefficient (Wildman–Crippen LogP) is 3.03. The molecule has 24 heavy (non-hydrogen) atoms. The number of benzene rings is 1. The molecular weight excluding hydrogens is 322 g/mol. The number of carbonyl (C=O) groups excluding carboxylic acids is 1. The largest absolute Gasteiger partial charge is 0.393 e. The van der Waals surface area contributed by atoms with E-state index in [1.54, 1.807) is 11.3 Å². The monoisotopic (exact) mass is 347 g/mol.